The van der Waals surface area contributed by atoms with E-state index in [-0.39, 0.29) is 5.91 Å². The van der Waals surface area contributed by atoms with Gasteiger partial charge in [0, 0.05) is 17.0 Å². The van der Waals surface area contributed by atoms with Gasteiger partial charge >= 0.3 is 0 Å². The lowest BCUT2D eigenvalue weighted by Crippen LogP contribution is -2.23. The van der Waals surface area contributed by atoms with Crippen LogP contribution in [0.2, 0.25) is 5.02 Å². The summed E-state index contributed by atoms with van der Waals surface area (Å²) < 4.78 is 0. The Morgan fingerprint density at radius 2 is 2.00 bits per heavy atom. The summed E-state index contributed by atoms with van der Waals surface area (Å²) in [5.41, 5.74) is 8.72. The predicted octanol–water partition coefficient (Wildman–Crippen LogP) is 3.33. The molecule has 0 aliphatic rings. The molecule has 0 fully saturated rings. The molecule has 0 aliphatic heterocycles. The van der Waals surface area contributed by atoms with Crippen LogP contribution in [0.25, 0.3) is 10.9 Å². The number of rotatable bonds is 3. The number of carbonyl (C=O) groups is 1. The van der Waals surface area contributed by atoms with Gasteiger partial charge in [-0.1, -0.05) is 35.9 Å². The van der Waals surface area contributed by atoms with E-state index in [2.05, 4.69) is 10.3 Å². The van der Waals surface area contributed by atoms with Gasteiger partial charge < -0.3 is 16.0 Å². The van der Waals surface area contributed by atoms with Gasteiger partial charge in [-0.3, -0.25) is 4.79 Å². The number of H-pyrrole nitrogens is 1. The molecular formula is C16H14ClN3O. The van der Waals surface area contributed by atoms with Crippen LogP contribution in [0, 0.1) is 0 Å². The monoisotopic (exact) mass is 299 g/mol. The fourth-order valence-electron chi connectivity index (χ4n) is 2.23. The zero-order chi connectivity index (χ0) is 14.8. The van der Waals surface area contributed by atoms with E-state index in [1.165, 1.54) is 0 Å². The molecule has 106 valence electrons. The van der Waals surface area contributed by atoms with E-state index < -0.39 is 0 Å². The molecule has 1 aromatic heterocycles. The van der Waals surface area contributed by atoms with Gasteiger partial charge in [-0.15, -0.1) is 0 Å². The SMILES string of the molecule is Nc1cccc2cc(C(=O)NCc3cccc(Cl)c3)[nH]c12. The van der Waals surface area contributed by atoms with E-state index in [0.717, 1.165) is 16.5 Å². The van der Waals surface area contributed by atoms with Crippen LogP contribution >= 0.6 is 11.6 Å². The molecule has 4 nitrogen and oxygen atoms in total. The van der Waals surface area contributed by atoms with Crippen LogP contribution < -0.4 is 11.1 Å². The van der Waals surface area contributed by atoms with Crippen molar-refractivity contribution in [3.8, 4) is 0 Å². The molecule has 5 heteroatoms. The summed E-state index contributed by atoms with van der Waals surface area (Å²) in [4.78, 5) is 15.2. The number of para-hydroxylation sites is 1. The van der Waals surface area contributed by atoms with Crippen LogP contribution in [0.1, 0.15) is 16.1 Å². The van der Waals surface area contributed by atoms with Gasteiger partial charge in [-0.05, 0) is 29.8 Å². The first-order valence-corrected chi connectivity index (χ1v) is 6.91. The minimum absolute atomic E-state index is 0.175. The summed E-state index contributed by atoms with van der Waals surface area (Å²) in [5, 5.41) is 4.43. The first-order valence-electron chi connectivity index (χ1n) is 6.53. The average Bonchev–Trinajstić information content (AvgIpc) is 2.90. The van der Waals surface area contributed by atoms with Gasteiger partial charge in [-0.25, -0.2) is 0 Å². The number of benzene rings is 2. The minimum atomic E-state index is -0.175. The summed E-state index contributed by atoms with van der Waals surface area (Å²) in [6.07, 6.45) is 0. The summed E-state index contributed by atoms with van der Waals surface area (Å²) >= 11 is 5.92. The lowest BCUT2D eigenvalue weighted by Gasteiger charge is -2.04. The highest BCUT2D eigenvalue weighted by atomic mass is 35.5. The van der Waals surface area contributed by atoms with E-state index in [9.17, 15) is 4.79 Å². The highest BCUT2D eigenvalue weighted by molar-refractivity contribution is 6.30. The van der Waals surface area contributed by atoms with Crippen LogP contribution in [-0.4, -0.2) is 10.9 Å². The number of hydrogen-bond acceptors (Lipinski definition) is 2. The Labute approximate surface area is 126 Å². The maximum absolute atomic E-state index is 12.2. The Bertz CT molecular complexity index is 810. The fourth-order valence-corrected chi connectivity index (χ4v) is 2.44. The smallest absolute Gasteiger partial charge is 0.267 e. The molecule has 4 N–H and O–H groups in total. The van der Waals surface area contributed by atoms with Crippen LogP contribution in [0.4, 0.5) is 5.69 Å². The number of nitrogen functional groups attached to an aromatic ring is 1. The number of aromatic nitrogens is 1. The Kier molecular flexibility index (Phi) is 3.54. The topological polar surface area (TPSA) is 70.9 Å². The molecule has 0 bridgehead atoms. The normalized spacial score (nSPS) is 10.7. The van der Waals surface area contributed by atoms with Gasteiger partial charge in [0.15, 0.2) is 0 Å². The lowest BCUT2D eigenvalue weighted by molar-refractivity contribution is 0.0947. The molecule has 3 rings (SSSR count). The zero-order valence-electron chi connectivity index (χ0n) is 11.2. The van der Waals surface area contributed by atoms with Crippen molar-refractivity contribution in [1.82, 2.24) is 10.3 Å². The highest BCUT2D eigenvalue weighted by Crippen LogP contribution is 2.21. The van der Waals surface area contributed by atoms with Crippen LogP contribution in [-0.2, 0) is 6.54 Å². The lowest BCUT2D eigenvalue weighted by atomic mass is 10.2. The molecule has 0 radical (unpaired) electrons. The second kappa shape index (κ2) is 5.50. The molecule has 21 heavy (non-hydrogen) atoms. The number of halogens is 1. The first kappa shape index (κ1) is 13.5. The Morgan fingerprint density at radius 3 is 2.76 bits per heavy atom. The molecule has 2 aromatic carbocycles. The summed E-state index contributed by atoms with van der Waals surface area (Å²) in [6, 6.07) is 14.8. The number of aromatic amines is 1. The Hall–Kier alpha value is -2.46. The predicted molar refractivity (Wildman–Crippen MR) is 85.3 cm³/mol. The van der Waals surface area contributed by atoms with E-state index in [0.29, 0.717) is 22.9 Å². The molecule has 0 aliphatic carbocycles. The van der Waals surface area contributed by atoms with Crippen molar-refractivity contribution >= 4 is 34.1 Å². The van der Waals surface area contributed by atoms with Gasteiger partial charge in [-0.2, -0.15) is 0 Å². The van der Waals surface area contributed by atoms with Crippen molar-refractivity contribution in [3.63, 3.8) is 0 Å². The number of amides is 1. The molecular weight excluding hydrogens is 286 g/mol. The van der Waals surface area contributed by atoms with Crippen molar-refractivity contribution in [3.05, 3.63) is 64.8 Å². The number of fused-ring (bicyclic) bond motifs is 1. The maximum Gasteiger partial charge on any atom is 0.267 e. The summed E-state index contributed by atoms with van der Waals surface area (Å²) in [6.45, 7) is 0.421. The molecule has 1 amide bonds. The van der Waals surface area contributed by atoms with Crippen molar-refractivity contribution in [1.29, 1.82) is 0 Å². The Balaban J connectivity index is 1.76. The van der Waals surface area contributed by atoms with Crippen molar-refractivity contribution in [2.75, 3.05) is 5.73 Å². The van der Waals surface area contributed by atoms with Crippen LogP contribution in [0.15, 0.2) is 48.5 Å². The quantitative estimate of drug-likeness (QED) is 0.649. The summed E-state index contributed by atoms with van der Waals surface area (Å²) in [5.74, 6) is -0.175. The second-order valence-electron chi connectivity index (χ2n) is 4.81. The number of anilines is 1. The molecule has 1 heterocycles. The van der Waals surface area contributed by atoms with E-state index >= 15 is 0 Å². The van der Waals surface area contributed by atoms with Gasteiger partial charge in [0.2, 0.25) is 0 Å². The number of nitrogens with one attached hydrogen (secondary N) is 2. The van der Waals surface area contributed by atoms with E-state index in [4.69, 9.17) is 17.3 Å². The van der Waals surface area contributed by atoms with Crippen molar-refractivity contribution in [2.24, 2.45) is 0 Å². The van der Waals surface area contributed by atoms with Crippen molar-refractivity contribution in [2.45, 2.75) is 6.54 Å². The number of nitrogens with two attached hydrogens (primary N) is 1. The van der Waals surface area contributed by atoms with E-state index in [1.807, 2.05) is 30.3 Å². The van der Waals surface area contributed by atoms with Gasteiger partial charge in [0.1, 0.15) is 5.69 Å². The highest BCUT2D eigenvalue weighted by Gasteiger charge is 2.10. The standard InChI is InChI=1S/C16H14ClN3O/c17-12-5-1-3-10(7-12)9-19-16(21)14-8-11-4-2-6-13(18)15(11)20-14/h1-8,20H,9,18H2,(H,19,21). The minimum Gasteiger partial charge on any atom is -0.397 e. The molecule has 0 saturated carbocycles. The number of hydrogen-bond donors (Lipinski definition) is 3. The maximum atomic E-state index is 12.2. The summed E-state index contributed by atoms with van der Waals surface area (Å²) in [7, 11) is 0. The first-order chi connectivity index (χ1) is 10.1. The third-order valence-electron chi connectivity index (χ3n) is 3.28. The fraction of sp³-hybridized carbons (Fsp3) is 0.0625. The average molecular weight is 300 g/mol. The van der Waals surface area contributed by atoms with E-state index in [1.54, 1.807) is 18.2 Å². The molecule has 0 unspecified atom stereocenters. The molecule has 0 atom stereocenters. The van der Waals surface area contributed by atoms with Gasteiger partial charge in [0.25, 0.3) is 5.91 Å². The third-order valence-corrected chi connectivity index (χ3v) is 3.51. The Morgan fingerprint density at radius 1 is 1.19 bits per heavy atom. The zero-order valence-corrected chi connectivity index (χ0v) is 11.9. The van der Waals surface area contributed by atoms with Crippen LogP contribution in [0.3, 0.4) is 0 Å². The third kappa shape index (κ3) is 2.85. The van der Waals surface area contributed by atoms with Crippen LogP contribution in [0.5, 0.6) is 0 Å². The number of carbonyl (C=O) groups excluding carboxylic acids is 1. The molecule has 0 saturated heterocycles. The van der Waals surface area contributed by atoms with Gasteiger partial charge in [0.05, 0.1) is 11.2 Å². The molecule has 3 aromatic rings. The van der Waals surface area contributed by atoms with Crippen molar-refractivity contribution < 1.29 is 4.79 Å². The largest absolute Gasteiger partial charge is 0.397 e. The second-order valence-corrected chi connectivity index (χ2v) is 5.24. The molecule has 0 spiro atoms.